The highest BCUT2D eigenvalue weighted by Crippen LogP contribution is 2.18. The maximum absolute atomic E-state index is 13.1. The first kappa shape index (κ1) is 15.0. The lowest BCUT2D eigenvalue weighted by Crippen LogP contribution is -2.38. The molecular weight excluding hydrogens is 275 g/mol. The topological polar surface area (TPSA) is 38.0 Å². The predicted molar refractivity (Wildman–Crippen MR) is 81.1 cm³/mol. The van der Waals surface area contributed by atoms with Crippen molar-refractivity contribution >= 4 is 11.6 Å². The number of nitrogens with two attached hydrogens (primary N) is 1. The molecule has 0 radical (unpaired) electrons. The molecule has 0 amide bonds. The van der Waals surface area contributed by atoms with Crippen LogP contribution < -0.4 is 11.3 Å². The SMILES string of the molecule is Cc1ccc(CC(Cc2ccc(F)c(Cl)c2)NN)cc1. The van der Waals surface area contributed by atoms with Crippen LogP contribution >= 0.6 is 11.6 Å². The lowest BCUT2D eigenvalue weighted by Gasteiger charge is -2.16. The summed E-state index contributed by atoms with van der Waals surface area (Å²) in [6.07, 6.45) is 1.51. The first-order valence-corrected chi connectivity index (χ1v) is 6.92. The van der Waals surface area contributed by atoms with E-state index in [1.807, 2.05) is 0 Å². The molecule has 106 valence electrons. The Labute approximate surface area is 123 Å². The summed E-state index contributed by atoms with van der Waals surface area (Å²) in [6.45, 7) is 2.06. The van der Waals surface area contributed by atoms with Gasteiger partial charge < -0.3 is 0 Å². The van der Waals surface area contributed by atoms with Crippen LogP contribution in [-0.2, 0) is 12.8 Å². The number of hydrogen-bond acceptors (Lipinski definition) is 2. The van der Waals surface area contributed by atoms with Crippen LogP contribution in [0.1, 0.15) is 16.7 Å². The molecule has 2 rings (SSSR count). The summed E-state index contributed by atoms with van der Waals surface area (Å²) in [5, 5.41) is 0.147. The van der Waals surface area contributed by atoms with Gasteiger partial charge in [0.2, 0.25) is 0 Å². The van der Waals surface area contributed by atoms with E-state index in [1.165, 1.54) is 17.2 Å². The Bertz CT molecular complexity index is 569. The quantitative estimate of drug-likeness (QED) is 0.655. The lowest BCUT2D eigenvalue weighted by molar-refractivity contribution is 0.522. The molecule has 20 heavy (non-hydrogen) atoms. The summed E-state index contributed by atoms with van der Waals surface area (Å²) < 4.78 is 13.1. The molecule has 0 heterocycles. The number of aryl methyl sites for hydroxylation is 1. The second-order valence-electron chi connectivity index (χ2n) is 5.01. The fourth-order valence-corrected chi connectivity index (χ4v) is 2.35. The molecule has 0 aliphatic carbocycles. The van der Waals surface area contributed by atoms with Crippen LogP contribution in [0.3, 0.4) is 0 Å². The third-order valence-electron chi connectivity index (χ3n) is 3.30. The lowest BCUT2D eigenvalue weighted by atomic mass is 9.99. The molecule has 0 aliphatic heterocycles. The van der Waals surface area contributed by atoms with E-state index >= 15 is 0 Å². The van der Waals surface area contributed by atoms with Crippen molar-refractivity contribution in [2.24, 2.45) is 5.84 Å². The molecule has 1 atom stereocenters. The summed E-state index contributed by atoms with van der Waals surface area (Å²) in [6, 6.07) is 13.2. The van der Waals surface area contributed by atoms with Crippen LogP contribution in [0.5, 0.6) is 0 Å². The van der Waals surface area contributed by atoms with Crippen molar-refractivity contribution in [1.29, 1.82) is 0 Å². The van der Waals surface area contributed by atoms with Crippen LogP contribution in [0.25, 0.3) is 0 Å². The van der Waals surface area contributed by atoms with Gasteiger partial charge in [-0.05, 0) is 43.0 Å². The molecule has 0 aromatic heterocycles. The average molecular weight is 293 g/mol. The normalized spacial score (nSPS) is 12.4. The van der Waals surface area contributed by atoms with Crippen molar-refractivity contribution in [2.45, 2.75) is 25.8 Å². The Balaban J connectivity index is 2.04. The third-order valence-corrected chi connectivity index (χ3v) is 3.59. The molecule has 0 aliphatic rings. The van der Waals surface area contributed by atoms with Gasteiger partial charge in [0.1, 0.15) is 5.82 Å². The summed E-state index contributed by atoms with van der Waals surface area (Å²) >= 11 is 5.79. The summed E-state index contributed by atoms with van der Waals surface area (Å²) in [7, 11) is 0. The number of benzene rings is 2. The smallest absolute Gasteiger partial charge is 0.141 e. The fraction of sp³-hybridized carbons (Fsp3) is 0.250. The van der Waals surface area contributed by atoms with E-state index in [0.717, 1.165) is 12.0 Å². The third kappa shape index (κ3) is 4.04. The number of rotatable bonds is 5. The maximum atomic E-state index is 13.1. The van der Waals surface area contributed by atoms with Crippen LogP contribution in [0, 0.1) is 12.7 Å². The van der Waals surface area contributed by atoms with Gasteiger partial charge in [0, 0.05) is 6.04 Å². The highest BCUT2D eigenvalue weighted by atomic mass is 35.5. The Morgan fingerprint density at radius 1 is 1.10 bits per heavy atom. The van der Waals surface area contributed by atoms with Crippen molar-refractivity contribution < 1.29 is 4.39 Å². The number of hydrazine groups is 1. The molecule has 3 N–H and O–H groups in total. The molecule has 0 saturated carbocycles. The van der Waals surface area contributed by atoms with Gasteiger partial charge in [-0.15, -0.1) is 0 Å². The average Bonchev–Trinajstić information content (AvgIpc) is 2.44. The van der Waals surface area contributed by atoms with Gasteiger partial charge in [-0.3, -0.25) is 11.3 Å². The molecule has 2 nitrogen and oxygen atoms in total. The van der Waals surface area contributed by atoms with E-state index in [4.69, 9.17) is 17.4 Å². The van der Waals surface area contributed by atoms with Crippen molar-refractivity contribution in [2.75, 3.05) is 0 Å². The minimum absolute atomic E-state index is 0.0826. The van der Waals surface area contributed by atoms with Crippen molar-refractivity contribution in [3.8, 4) is 0 Å². The number of nitrogens with one attached hydrogen (secondary N) is 1. The summed E-state index contributed by atoms with van der Waals surface area (Å²) in [4.78, 5) is 0. The summed E-state index contributed by atoms with van der Waals surface area (Å²) in [5.74, 6) is 5.21. The van der Waals surface area contributed by atoms with Crippen molar-refractivity contribution in [3.05, 3.63) is 70.0 Å². The molecule has 0 saturated heterocycles. The molecular formula is C16H18ClFN2. The molecule has 4 heteroatoms. The largest absolute Gasteiger partial charge is 0.271 e. The molecule has 1 unspecified atom stereocenters. The van der Waals surface area contributed by atoms with Gasteiger partial charge in [0.15, 0.2) is 0 Å². The minimum Gasteiger partial charge on any atom is -0.271 e. The van der Waals surface area contributed by atoms with E-state index < -0.39 is 5.82 Å². The standard InChI is InChI=1S/C16H18ClFN2/c1-11-2-4-12(5-3-11)8-14(20-19)9-13-6-7-16(18)15(17)10-13/h2-7,10,14,20H,8-9,19H2,1H3. The monoisotopic (exact) mass is 292 g/mol. The van der Waals surface area contributed by atoms with Crippen LogP contribution in [-0.4, -0.2) is 6.04 Å². The van der Waals surface area contributed by atoms with Crippen LogP contribution in [0.4, 0.5) is 4.39 Å². The zero-order valence-corrected chi connectivity index (χ0v) is 12.1. The minimum atomic E-state index is -0.397. The van der Waals surface area contributed by atoms with Crippen molar-refractivity contribution in [3.63, 3.8) is 0 Å². The first-order chi connectivity index (χ1) is 9.58. The van der Waals surface area contributed by atoms with Gasteiger partial charge in [-0.1, -0.05) is 47.5 Å². The highest BCUT2D eigenvalue weighted by Gasteiger charge is 2.10. The van der Waals surface area contributed by atoms with Gasteiger partial charge in [-0.25, -0.2) is 4.39 Å². The summed E-state index contributed by atoms with van der Waals surface area (Å²) in [5.41, 5.74) is 6.22. The fourth-order valence-electron chi connectivity index (χ4n) is 2.15. The van der Waals surface area contributed by atoms with Gasteiger partial charge in [0.25, 0.3) is 0 Å². The van der Waals surface area contributed by atoms with E-state index in [9.17, 15) is 4.39 Å². The van der Waals surface area contributed by atoms with E-state index in [2.05, 4.69) is 36.6 Å². The molecule has 2 aromatic carbocycles. The Hall–Kier alpha value is -1.42. The van der Waals surface area contributed by atoms with Gasteiger partial charge in [-0.2, -0.15) is 0 Å². The second-order valence-corrected chi connectivity index (χ2v) is 5.41. The first-order valence-electron chi connectivity index (χ1n) is 6.54. The molecule has 2 aromatic rings. The predicted octanol–water partition coefficient (Wildman–Crippen LogP) is 3.40. The highest BCUT2D eigenvalue weighted by molar-refractivity contribution is 6.30. The van der Waals surface area contributed by atoms with Crippen molar-refractivity contribution in [1.82, 2.24) is 5.43 Å². The van der Waals surface area contributed by atoms with E-state index in [0.29, 0.717) is 6.42 Å². The molecule has 0 bridgehead atoms. The van der Waals surface area contributed by atoms with E-state index in [-0.39, 0.29) is 11.1 Å². The van der Waals surface area contributed by atoms with Crippen LogP contribution in [0.2, 0.25) is 5.02 Å². The maximum Gasteiger partial charge on any atom is 0.141 e. The van der Waals surface area contributed by atoms with Crippen LogP contribution in [0.15, 0.2) is 42.5 Å². The number of halogens is 2. The zero-order chi connectivity index (χ0) is 14.5. The second kappa shape index (κ2) is 6.84. The molecule has 0 fully saturated rings. The molecule has 0 spiro atoms. The van der Waals surface area contributed by atoms with Gasteiger partial charge in [0.05, 0.1) is 5.02 Å². The van der Waals surface area contributed by atoms with Gasteiger partial charge >= 0.3 is 0 Å². The Morgan fingerprint density at radius 2 is 1.70 bits per heavy atom. The zero-order valence-electron chi connectivity index (χ0n) is 11.4. The Kier molecular flexibility index (Phi) is 5.12. The Morgan fingerprint density at radius 3 is 2.30 bits per heavy atom. The van der Waals surface area contributed by atoms with E-state index in [1.54, 1.807) is 12.1 Å². The number of hydrogen-bond donors (Lipinski definition) is 2.